The van der Waals surface area contributed by atoms with Gasteiger partial charge in [0.1, 0.15) is 0 Å². The molecule has 0 rings (SSSR count). The number of aliphatic hydroxyl groups excluding tert-OH is 1. The molecule has 0 aliphatic rings. The van der Waals surface area contributed by atoms with Crippen molar-refractivity contribution in [1.29, 1.82) is 0 Å². The van der Waals surface area contributed by atoms with Gasteiger partial charge in [0.05, 0.1) is 6.10 Å². The maximum atomic E-state index is 9.36. The summed E-state index contributed by atoms with van der Waals surface area (Å²) in [6, 6.07) is 0. The topological polar surface area (TPSA) is 29.5 Å². The van der Waals surface area contributed by atoms with Crippen molar-refractivity contribution in [2.75, 3.05) is 6.61 Å². The largest absolute Gasteiger partial charge is 0.417 e. The zero-order valence-electron chi connectivity index (χ0n) is 12.4. The van der Waals surface area contributed by atoms with Gasteiger partial charge in [-0.05, 0) is 43.8 Å². The molecule has 0 radical (unpaired) electrons. The average Bonchev–Trinajstić information content (AvgIpc) is 2.13. The second kappa shape index (κ2) is 6.71. The lowest BCUT2D eigenvalue weighted by Gasteiger charge is -2.36. The highest BCUT2D eigenvalue weighted by Crippen LogP contribution is 2.36. The zero-order chi connectivity index (χ0) is 13.7. The summed E-state index contributed by atoms with van der Waals surface area (Å²) in [5, 5.41) is 9.63. The molecule has 0 aromatic carbocycles. The third kappa shape index (κ3) is 6.39. The van der Waals surface area contributed by atoms with Crippen molar-refractivity contribution < 1.29 is 9.53 Å². The van der Waals surface area contributed by atoms with Gasteiger partial charge in [0.25, 0.3) is 0 Å². The van der Waals surface area contributed by atoms with Gasteiger partial charge < -0.3 is 9.53 Å². The molecule has 0 aromatic heterocycles. The summed E-state index contributed by atoms with van der Waals surface area (Å²) in [5.41, 5.74) is 0. The molecule has 0 aromatic rings. The fourth-order valence-electron chi connectivity index (χ4n) is 1.45. The molecule has 1 N–H and O–H groups in total. The van der Waals surface area contributed by atoms with Crippen molar-refractivity contribution >= 4 is 8.32 Å². The average molecular weight is 258 g/mol. The molecule has 3 heteroatoms. The first-order chi connectivity index (χ1) is 7.60. The molecule has 0 unspecified atom stereocenters. The minimum Gasteiger partial charge on any atom is -0.417 e. The van der Waals surface area contributed by atoms with Crippen molar-refractivity contribution in [3.8, 4) is 0 Å². The maximum Gasteiger partial charge on any atom is 0.191 e. The van der Waals surface area contributed by atoms with Crippen LogP contribution in [0.25, 0.3) is 0 Å². The van der Waals surface area contributed by atoms with Gasteiger partial charge in [0.2, 0.25) is 0 Å². The Morgan fingerprint density at radius 2 is 1.88 bits per heavy atom. The van der Waals surface area contributed by atoms with E-state index in [2.05, 4.69) is 40.4 Å². The zero-order valence-corrected chi connectivity index (χ0v) is 13.4. The van der Waals surface area contributed by atoms with E-state index in [1.807, 2.05) is 13.0 Å². The van der Waals surface area contributed by atoms with Crippen molar-refractivity contribution in [1.82, 2.24) is 0 Å². The normalized spacial score (nSPS) is 16.6. The molecule has 102 valence electrons. The van der Waals surface area contributed by atoms with E-state index in [1.54, 1.807) is 0 Å². The molecule has 0 aliphatic carbocycles. The highest BCUT2D eigenvalue weighted by atomic mass is 28.4. The van der Waals surface area contributed by atoms with E-state index in [9.17, 15) is 5.11 Å². The summed E-state index contributed by atoms with van der Waals surface area (Å²) < 4.78 is 6.12. The Labute approximate surface area is 108 Å². The monoisotopic (exact) mass is 258 g/mol. The maximum absolute atomic E-state index is 9.36. The molecule has 0 bridgehead atoms. The van der Waals surface area contributed by atoms with Crippen LogP contribution >= 0.6 is 0 Å². The van der Waals surface area contributed by atoms with Crippen LogP contribution in [-0.4, -0.2) is 26.1 Å². The van der Waals surface area contributed by atoms with Crippen LogP contribution in [0.5, 0.6) is 0 Å². The van der Waals surface area contributed by atoms with E-state index in [1.165, 1.54) is 0 Å². The highest BCUT2D eigenvalue weighted by molar-refractivity contribution is 6.74. The molecule has 0 spiro atoms. The van der Waals surface area contributed by atoms with Crippen LogP contribution in [0.2, 0.25) is 18.1 Å². The Bertz CT molecular complexity index is 229. The number of hydrogen-bond donors (Lipinski definition) is 1. The number of allylic oxidation sites excluding steroid dienone is 1. The molecule has 0 heterocycles. The summed E-state index contributed by atoms with van der Waals surface area (Å²) in [4.78, 5) is 0. The fourth-order valence-corrected chi connectivity index (χ4v) is 2.51. The summed E-state index contributed by atoms with van der Waals surface area (Å²) in [5.74, 6) is 0.361. The first-order valence-electron chi connectivity index (χ1n) is 6.54. The molecular formula is C14H30O2Si. The van der Waals surface area contributed by atoms with E-state index in [4.69, 9.17) is 4.43 Å². The van der Waals surface area contributed by atoms with Crippen molar-refractivity contribution in [3.63, 3.8) is 0 Å². The predicted octanol–water partition coefficient (Wildman–Crippen LogP) is 3.97. The van der Waals surface area contributed by atoms with Crippen LogP contribution in [0.15, 0.2) is 12.7 Å². The lowest BCUT2D eigenvalue weighted by molar-refractivity contribution is 0.160. The first kappa shape index (κ1) is 16.9. The highest BCUT2D eigenvalue weighted by Gasteiger charge is 2.36. The number of rotatable bonds is 7. The first-order valence-corrected chi connectivity index (χ1v) is 9.45. The van der Waals surface area contributed by atoms with E-state index in [0.29, 0.717) is 5.92 Å². The SMILES string of the molecule is C=C[C@H](CCO[Si](C)(C)C(C)(C)C)C[C@H](C)O. The van der Waals surface area contributed by atoms with Gasteiger partial charge in [-0.15, -0.1) is 6.58 Å². The Hall–Kier alpha value is -0.123. The van der Waals surface area contributed by atoms with Crippen LogP contribution < -0.4 is 0 Å². The number of aliphatic hydroxyl groups is 1. The van der Waals surface area contributed by atoms with Gasteiger partial charge in [0.15, 0.2) is 8.32 Å². The Morgan fingerprint density at radius 3 is 2.24 bits per heavy atom. The smallest absolute Gasteiger partial charge is 0.191 e. The summed E-state index contributed by atoms with van der Waals surface area (Å²) in [6.45, 7) is 17.7. The lowest BCUT2D eigenvalue weighted by atomic mass is 9.99. The predicted molar refractivity (Wildman–Crippen MR) is 77.8 cm³/mol. The molecule has 2 atom stereocenters. The van der Waals surface area contributed by atoms with Crippen molar-refractivity contribution in [3.05, 3.63) is 12.7 Å². The standard InChI is InChI=1S/C14H30O2Si/c1-8-13(11-12(2)15)9-10-16-17(6,7)14(3,4)5/h8,12-13,15H,1,9-11H2,2-7H3/t12-,13+/m0/s1. The summed E-state index contributed by atoms with van der Waals surface area (Å²) >= 11 is 0. The molecule has 2 nitrogen and oxygen atoms in total. The van der Waals surface area contributed by atoms with E-state index < -0.39 is 8.32 Å². The quantitative estimate of drug-likeness (QED) is 0.553. The molecule has 0 fully saturated rings. The molecular weight excluding hydrogens is 228 g/mol. The molecule has 0 saturated carbocycles. The number of hydrogen-bond acceptors (Lipinski definition) is 2. The lowest BCUT2D eigenvalue weighted by Crippen LogP contribution is -2.41. The minimum atomic E-state index is -1.62. The Kier molecular flexibility index (Phi) is 6.67. The second-order valence-corrected chi connectivity index (χ2v) is 11.3. The third-order valence-corrected chi connectivity index (χ3v) is 8.27. The Morgan fingerprint density at radius 1 is 1.35 bits per heavy atom. The van der Waals surface area contributed by atoms with E-state index in [-0.39, 0.29) is 11.1 Å². The van der Waals surface area contributed by atoms with Gasteiger partial charge in [0, 0.05) is 6.61 Å². The van der Waals surface area contributed by atoms with Crippen LogP contribution in [0.3, 0.4) is 0 Å². The van der Waals surface area contributed by atoms with Crippen molar-refractivity contribution in [2.45, 2.75) is 64.8 Å². The van der Waals surface area contributed by atoms with Crippen LogP contribution in [0.1, 0.15) is 40.5 Å². The minimum absolute atomic E-state index is 0.258. The molecule has 0 saturated heterocycles. The summed E-state index contributed by atoms with van der Waals surface area (Å²) in [6.07, 6.45) is 3.42. The van der Waals surface area contributed by atoms with Crippen LogP contribution in [0, 0.1) is 5.92 Å². The second-order valence-electron chi connectivity index (χ2n) is 6.48. The van der Waals surface area contributed by atoms with Crippen LogP contribution in [-0.2, 0) is 4.43 Å². The molecule has 0 aliphatic heterocycles. The van der Waals surface area contributed by atoms with Crippen molar-refractivity contribution in [2.24, 2.45) is 5.92 Å². The van der Waals surface area contributed by atoms with Gasteiger partial charge in [-0.1, -0.05) is 26.8 Å². The molecule has 0 amide bonds. The van der Waals surface area contributed by atoms with Gasteiger partial charge in [-0.3, -0.25) is 0 Å². The van der Waals surface area contributed by atoms with Gasteiger partial charge in [-0.2, -0.15) is 0 Å². The fraction of sp³-hybridized carbons (Fsp3) is 0.857. The summed E-state index contributed by atoms with van der Waals surface area (Å²) in [7, 11) is -1.62. The van der Waals surface area contributed by atoms with E-state index >= 15 is 0 Å². The van der Waals surface area contributed by atoms with Gasteiger partial charge in [-0.25, -0.2) is 0 Å². The van der Waals surface area contributed by atoms with Crippen LogP contribution in [0.4, 0.5) is 0 Å². The third-order valence-electron chi connectivity index (χ3n) is 3.73. The van der Waals surface area contributed by atoms with Gasteiger partial charge >= 0.3 is 0 Å². The van der Waals surface area contributed by atoms with E-state index in [0.717, 1.165) is 19.4 Å². The molecule has 17 heavy (non-hydrogen) atoms. The Balaban J connectivity index is 4.09.